The van der Waals surface area contributed by atoms with E-state index in [0.29, 0.717) is 32.1 Å². The van der Waals surface area contributed by atoms with Crippen LogP contribution in [0.25, 0.3) is 0 Å². The highest BCUT2D eigenvalue weighted by Gasteiger charge is 2.71. The van der Waals surface area contributed by atoms with Gasteiger partial charge in [-0.25, -0.2) is 9.59 Å². The number of allylic oxidation sites excluding steroid dienone is 2. The molecule has 2 amide bonds. The van der Waals surface area contributed by atoms with Crippen LogP contribution >= 0.6 is 0 Å². The van der Waals surface area contributed by atoms with E-state index in [1.807, 2.05) is 25.2 Å². The summed E-state index contributed by atoms with van der Waals surface area (Å²) < 4.78 is 33.5. The summed E-state index contributed by atoms with van der Waals surface area (Å²) in [6.45, 7) is 14.5. The molecule has 5 aliphatic carbocycles. The fraction of sp³-hybridized carbons (Fsp3) is 0.808. The molecular weight excluding hydrogens is 1000 g/mol. The van der Waals surface area contributed by atoms with Crippen molar-refractivity contribution in [1.82, 2.24) is 10.6 Å². The lowest BCUT2D eigenvalue weighted by Gasteiger charge is -2.70. The number of carbonyl (C=O) groups is 8. The first-order valence-electron chi connectivity index (χ1n) is 26.0. The molecule has 0 spiro atoms. The van der Waals surface area contributed by atoms with E-state index in [1.54, 1.807) is 6.92 Å². The molecule has 426 valence electrons. The highest BCUT2D eigenvalue weighted by molar-refractivity contribution is 5.96. The van der Waals surface area contributed by atoms with Crippen LogP contribution in [0.3, 0.4) is 0 Å². The normalized spacial score (nSPS) is 43.4. The smallest absolute Gasteiger partial charge is 0.326 e. The van der Waals surface area contributed by atoms with E-state index in [1.165, 1.54) is 0 Å². The summed E-state index contributed by atoms with van der Waals surface area (Å²) in [6.07, 6.45) is -17.1. The van der Waals surface area contributed by atoms with Gasteiger partial charge in [0.25, 0.3) is 11.8 Å². The van der Waals surface area contributed by atoms with E-state index in [2.05, 4.69) is 42.5 Å². The minimum absolute atomic E-state index is 0.0154. The van der Waals surface area contributed by atoms with Crippen LogP contribution in [0.5, 0.6) is 0 Å². The van der Waals surface area contributed by atoms with Gasteiger partial charge in [0.1, 0.15) is 48.7 Å². The second-order valence-electron chi connectivity index (χ2n) is 24.3. The number of aliphatic hydroxyl groups is 5. The summed E-state index contributed by atoms with van der Waals surface area (Å²) in [7, 11) is 1.98. The van der Waals surface area contributed by atoms with Crippen LogP contribution in [-0.2, 0) is 66.8 Å². The van der Waals surface area contributed by atoms with Gasteiger partial charge < -0.3 is 79.9 Å². The van der Waals surface area contributed by atoms with Crippen LogP contribution < -0.4 is 10.6 Å². The van der Waals surface area contributed by atoms with Crippen LogP contribution in [0, 0.1) is 50.2 Å². The van der Waals surface area contributed by atoms with Crippen LogP contribution in [0.15, 0.2) is 11.6 Å². The van der Waals surface area contributed by atoms with Crippen molar-refractivity contribution in [3.8, 4) is 0 Å². The number of ether oxygens (including phenoxy) is 6. The molecule has 0 unspecified atom stereocenters. The van der Waals surface area contributed by atoms with Crippen molar-refractivity contribution < 1.29 is 108 Å². The Kier molecular flexibility index (Phi) is 16.5. The maximum absolute atomic E-state index is 15.1. The number of aliphatic carboxylic acids is 3. The second kappa shape index (κ2) is 21.2. The lowest BCUT2D eigenvalue weighted by Crippen LogP contribution is -2.69. The molecule has 0 bridgehead atoms. The Morgan fingerprint density at radius 3 is 1.71 bits per heavy atom. The molecule has 24 heteroatoms. The van der Waals surface area contributed by atoms with E-state index in [4.69, 9.17) is 18.9 Å². The van der Waals surface area contributed by atoms with Gasteiger partial charge in [-0.2, -0.15) is 0 Å². The van der Waals surface area contributed by atoms with Crippen molar-refractivity contribution in [1.29, 1.82) is 0 Å². The predicted octanol–water partition coefficient (Wildman–Crippen LogP) is 0.341. The van der Waals surface area contributed by atoms with E-state index < -0.39 is 167 Å². The molecule has 2 heterocycles. The fourth-order valence-electron chi connectivity index (χ4n) is 14.8. The average Bonchev–Trinajstić information content (AvgIpc) is 3.37. The molecule has 76 heavy (non-hydrogen) atoms. The maximum atomic E-state index is 15.1. The maximum Gasteiger partial charge on any atom is 0.326 e. The average molecular weight is 1080 g/mol. The molecule has 21 atom stereocenters. The molecule has 6 fully saturated rings. The summed E-state index contributed by atoms with van der Waals surface area (Å²) in [5.74, 6) is -9.75. The van der Waals surface area contributed by atoms with Gasteiger partial charge in [0, 0.05) is 5.92 Å². The summed E-state index contributed by atoms with van der Waals surface area (Å²) in [5.41, 5.74) is -2.52. The molecule has 0 aromatic carbocycles. The van der Waals surface area contributed by atoms with Crippen molar-refractivity contribution in [3.63, 3.8) is 0 Å². The van der Waals surface area contributed by atoms with Gasteiger partial charge in [-0.15, -0.1) is 0 Å². The van der Waals surface area contributed by atoms with Crippen molar-refractivity contribution >= 4 is 47.4 Å². The summed E-state index contributed by atoms with van der Waals surface area (Å²) in [6, 6.07) is -3.81. The predicted molar refractivity (Wildman–Crippen MR) is 257 cm³/mol. The van der Waals surface area contributed by atoms with Gasteiger partial charge in [-0.05, 0) is 110 Å². The minimum atomic E-state index is -2.28. The standard InChI is InChI=1S/C52H76N2O22/c1-47(2)27-10-13-52(7)39(26(55)18-22-23-21-49(4,46(69)70)15-14-48(23,3)16-17-51(22,52)6)50(27,5)12-11-28(47)73-45-38(34(61)33(60)37(75-45)41(64)54-25(43(67)68)20-30(57)72-9)76-44-35(62)31(58)32(59)36(74-44)40(63)53-24(42(65)66)19-29(56)71-8/h18,23-25,27-28,31-39,44-45,58-62H,10-17,19-21H2,1-9H3,(H,53,63)(H,54,64)(H,65,66)(H,67,68)(H,69,70)/t23-,24+,25+,27+,28+,31+,32+,33+,34+,35-,36+,37+,38-,39-,44+,45-,48-,49+,50+,51-,52-/m1/s1. The zero-order valence-electron chi connectivity index (χ0n) is 44.4. The number of methoxy groups -OCH3 is 2. The van der Waals surface area contributed by atoms with Gasteiger partial charge in [0.05, 0.1) is 38.6 Å². The number of nitrogens with one attached hydrogen (secondary N) is 2. The number of hydrogen-bond donors (Lipinski definition) is 10. The lowest BCUT2D eigenvalue weighted by atomic mass is 9.33. The molecule has 0 aromatic heterocycles. The molecule has 7 rings (SSSR count). The van der Waals surface area contributed by atoms with Crippen molar-refractivity contribution in [2.24, 2.45) is 50.2 Å². The third-order valence-corrected chi connectivity index (χ3v) is 19.7. The van der Waals surface area contributed by atoms with E-state index in [9.17, 15) is 74.4 Å². The van der Waals surface area contributed by atoms with E-state index in [0.717, 1.165) is 39.1 Å². The van der Waals surface area contributed by atoms with Gasteiger partial charge in [-0.3, -0.25) is 28.8 Å². The zero-order chi connectivity index (χ0) is 56.6. The Labute approximate surface area is 439 Å². The monoisotopic (exact) mass is 1080 g/mol. The lowest BCUT2D eigenvalue weighted by molar-refractivity contribution is -0.369. The number of ketones is 1. The molecule has 10 N–H and O–H groups in total. The first-order valence-corrected chi connectivity index (χ1v) is 26.0. The topological polar surface area (TPSA) is 378 Å². The van der Waals surface area contributed by atoms with Crippen LogP contribution in [-0.4, -0.2) is 182 Å². The first kappa shape index (κ1) is 59.0. The number of carboxylic acid groups (broad SMARTS) is 3. The van der Waals surface area contributed by atoms with Gasteiger partial charge in [0.2, 0.25) is 0 Å². The van der Waals surface area contributed by atoms with Crippen molar-refractivity contribution in [3.05, 3.63) is 11.6 Å². The molecule has 24 nitrogen and oxygen atoms in total. The summed E-state index contributed by atoms with van der Waals surface area (Å²) in [5, 5.41) is 90.4. The van der Waals surface area contributed by atoms with Crippen molar-refractivity contribution in [2.75, 3.05) is 14.2 Å². The second-order valence-corrected chi connectivity index (χ2v) is 24.3. The minimum Gasteiger partial charge on any atom is -0.481 e. The van der Waals surface area contributed by atoms with Gasteiger partial charge in [-0.1, -0.05) is 47.1 Å². The highest BCUT2D eigenvalue weighted by Crippen LogP contribution is 2.75. The number of hydrogen-bond acceptors (Lipinski definition) is 19. The molecule has 4 saturated carbocycles. The zero-order valence-corrected chi connectivity index (χ0v) is 44.4. The quantitative estimate of drug-likeness (QED) is 0.0781. The van der Waals surface area contributed by atoms with E-state index >= 15 is 4.79 Å². The highest BCUT2D eigenvalue weighted by atomic mass is 16.8. The molecule has 0 aromatic rings. The molecular formula is C52H76N2O22. The Bertz CT molecular complexity index is 2360. The molecule has 7 aliphatic rings. The van der Waals surface area contributed by atoms with Crippen LogP contribution in [0.1, 0.15) is 119 Å². The first-order chi connectivity index (χ1) is 35.2. The summed E-state index contributed by atoms with van der Waals surface area (Å²) >= 11 is 0. The largest absolute Gasteiger partial charge is 0.481 e. The molecule has 0 radical (unpaired) electrons. The third kappa shape index (κ3) is 10.1. The number of esters is 2. The number of amides is 2. The van der Waals surface area contributed by atoms with Crippen molar-refractivity contribution in [2.45, 2.75) is 199 Å². The summed E-state index contributed by atoms with van der Waals surface area (Å²) in [4.78, 5) is 103. The van der Waals surface area contributed by atoms with Crippen LogP contribution in [0.4, 0.5) is 0 Å². The Morgan fingerprint density at radius 2 is 1.18 bits per heavy atom. The van der Waals surface area contributed by atoms with Gasteiger partial charge >= 0.3 is 29.8 Å². The SMILES string of the molecule is COC(=O)C[C@H](NC(=O)[C@H]1O[C@@H](O[C@H]2[C@H](O[C@H]3CC[C@]4(C)[C@H]5C(=O)C=C6[C@H]7C[C@@](C)(C(=O)O)CC[C@]7(C)CC[C@@]6(C)[C@]5(C)CC[C@H]4C3(C)C)O[C@H](C(=O)N[C@@H](CC(=O)OC)C(=O)O)[C@@H](O)[C@@H]2O)[C@H](O)[C@@H](O)[C@@H]1O)C(=O)O. The third-order valence-electron chi connectivity index (χ3n) is 19.7. The molecule has 2 saturated heterocycles. The number of carbonyl (C=O) groups excluding carboxylic acids is 5. The number of rotatable bonds is 15. The van der Waals surface area contributed by atoms with E-state index in [-0.39, 0.29) is 29.5 Å². The van der Waals surface area contributed by atoms with Crippen LogP contribution in [0.2, 0.25) is 0 Å². The Balaban J connectivity index is 1.19. The fourth-order valence-corrected chi connectivity index (χ4v) is 14.8. The number of carboxylic acids is 3. The Morgan fingerprint density at radius 1 is 0.658 bits per heavy atom. The Hall–Kier alpha value is -4.66. The van der Waals surface area contributed by atoms with Gasteiger partial charge in [0.15, 0.2) is 30.6 Å². The number of fused-ring (bicyclic) bond motifs is 7. The molecule has 2 aliphatic heterocycles. The number of aliphatic hydroxyl groups excluding tert-OH is 5.